The summed E-state index contributed by atoms with van der Waals surface area (Å²) < 4.78 is 12.9. The Labute approximate surface area is 86.5 Å². The second kappa shape index (κ2) is 3.81. The Morgan fingerprint density at radius 3 is 2.80 bits per heavy atom. The first kappa shape index (κ1) is 9.83. The number of benzene rings is 1. The van der Waals surface area contributed by atoms with E-state index in [0.29, 0.717) is 25.1 Å². The fourth-order valence-corrected chi connectivity index (χ4v) is 1.65. The number of piperidine rings is 1. The van der Waals surface area contributed by atoms with Gasteiger partial charge >= 0.3 is 0 Å². The molecule has 1 fully saturated rings. The molecule has 3 nitrogen and oxygen atoms in total. The summed E-state index contributed by atoms with van der Waals surface area (Å²) in [5.74, 6) is -1.34. The minimum absolute atomic E-state index is 0.296. The van der Waals surface area contributed by atoms with Crippen molar-refractivity contribution in [2.45, 2.75) is 12.8 Å². The smallest absolute Gasteiger partial charge is 0.294 e. The highest BCUT2D eigenvalue weighted by Crippen LogP contribution is 2.19. The third-order valence-corrected chi connectivity index (χ3v) is 2.39. The van der Waals surface area contributed by atoms with Gasteiger partial charge in [0.15, 0.2) is 0 Å². The molecule has 15 heavy (non-hydrogen) atoms. The van der Waals surface area contributed by atoms with E-state index in [1.165, 1.54) is 23.1 Å². The molecule has 1 aromatic carbocycles. The van der Waals surface area contributed by atoms with Crippen molar-refractivity contribution < 1.29 is 14.0 Å². The van der Waals surface area contributed by atoms with Gasteiger partial charge in [-0.25, -0.2) is 4.39 Å². The normalized spacial score (nSPS) is 17.0. The van der Waals surface area contributed by atoms with Crippen molar-refractivity contribution in [1.82, 2.24) is 0 Å². The van der Waals surface area contributed by atoms with E-state index in [0.717, 1.165) is 0 Å². The van der Waals surface area contributed by atoms with E-state index in [9.17, 15) is 14.0 Å². The number of carbonyl (C=O) groups is 2. The van der Waals surface area contributed by atoms with Crippen LogP contribution < -0.4 is 4.90 Å². The largest absolute Gasteiger partial charge is 0.306 e. The van der Waals surface area contributed by atoms with Crippen molar-refractivity contribution in [2.24, 2.45) is 0 Å². The molecular formula is C11H10FNO2. The van der Waals surface area contributed by atoms with Crippen molar-refractivity contribution in [3.8, 4) is 0 Å². The topological polar surface area (TPSA) is 37.4 Å². The van der Waals surface area contributed by atoms with Gasteiger partial charge in [0.25, 0.3) is 5.91 Å². The molecule has 0 N–H and O–H groups in total. The van der Waals surface area contributed by atoms with Crippen molar-refractivity contribution in [1.29, 1.82) is 0 Å². The van der Waals surface area contributed by atoms with Crippen molar-refractivity contribution in [3.05, 3.63) is 30.1 Å². The predicted octanol–water partition coefficient (Wildman–Crippen LogP) is 1.52. The second-order valence-corrected chi connectivity index (χ2v) is 3.46. The molecule has 1 saturated heterocycles. The molecule has 0 aromatic heterocycles. The number of ketones is 1. The van der Waals surface area contributed by atoms with Gasteiger partial charge in [-0.05, 0) is 24.6 Å². The SMILES string of the molecule is O=C1CCCN(c2cccc(F)c2)C1=O. The third kappa shape index (κ3) is 1.88. The zero-order valence-corrected chi connectivity index (χ0v) is 8.07. The van der Waals surface area contributed by atoms with Crippen LogP contribution in [-0.2, 0) is 9.59 Å². The lowest BCUT2D eigenvalue weighted by molar-refractivity contribution is -0.137. The number of amides is 1. The van der Waals surface area contributed by atoms with E-state index in [4.69, 9.17) is 0 Å². The average Bonchev–Trinajstić information content (AvgIpc) is 2.22. The van der Waals surface area contributed by atoms with Gasteiger partial charge in [-0.2, -0.15) is 0 Å². The summed E-state index contributed by atoms with van der Waals surface area (Å²) in [6, 6.07) is 5.72. The Kier molecular flexibility index (Phi) is 2.49. The number of hydrogen-bond acceptors (Lipinski definition) is 2. The number of Topliss-reactive ketones (excluding diaryl/α,β-unsaturated/α-hetero) is 1. The monoisotopic (exact) mass is 207 g/mol. The lowest BCUT2D eigenvalue weighted by Crippen LogP contribution is -2.41. The lowest BCUT2D eigenvalue weighted by atomic mass is 10.1. The van der Waals surface area contributed by atoms with Crippen LogP contribution in [0.3, 0.4) is 0 Å². The molecule has 2 rings (SSSR count). The molecule has 1 aliphatic heterocycles. The summed E-state index contributed by atoms with van der Waals surface area (Å²) in [6.07, 6.45) is 0.936. The van der Waals surface area contributed by atoms with Gasteiger partial charge < -0.3 is 4.90 Å². The van der Waals surface area contributed by atoms with Crippen LogP contribution >= 0.6 is 0 Å². The summed E-state index contributed by atoms with van der Waals surface area (Å²) in [6.45, 7) is 0.480. The molecule has 1 heterocycles. The number of halogens is 1. The zero-order valence-electron chi connectivity index (χ0n) is 8.07. The first-order valence-corrected chi connectivity index (χ1v) is 4.79. The van der Waals surface area contributed by atoms with E-state index >= 15 is 0 Å². The van der Waals surface area contributed by atoms with E-state index in [1.807, 2.05) is 0 Å². The maximum absolute atomic E-state index is 12.9. The molecular weight excluding hydrogens is 197 g/mol. The van der Waals surface area contributed by atoms with Gasteiger partial charge in [-0.1, -0.05) is 6.07 Å². The van der Waals surface area contributed by atoms with Crippen LogP contribution in [0.5, 0.6) is 0 Å². The van der Waals surface area contributed by atoms with Crippen LogP contribution in [0.4, 0.5) is 10.1 Å². The molecule has 0 saturated carbocycles. The number of rotatable bonds is 1. The van der Waals surface area contributed by atoms with Crippen molar-refractivity contribution in [3.63, 3.8) is 0 Å². The van der Waals surface area contributed by atoms with Crippen molar-refractivity contribution in [2.75, 3.05) is 11.4 Å². The highest BCUT2D eigenvalue weighted by atomic mass is 19.1. The number of nitrogens with zero attached hydrogens (tertiary/aromatic N) is 1. The minimum Gasteiger partial charge on any atom is -0.306 e. The number of carbonyl (C=O) groups excluding carboxylic acids is 2. The quantitative estimate of drug-likeness (QED) is 0.655. The minimum atomic E-state index is -0.535. The van der Waals surface area contributed by atoms with E-state index < -0.39 is 17.5 Å². The fourth-order valence-electron chi connectivity index (χ4n) is 1.65. The summed E-state index contributed by atoms with van der Waals surface area (Å²) in [5.41, 5.74) is 0.452. The molecule has 0 aliphatic carbocycles. The maximum atomic E-state index is 12.9. The molecule has 0 unspecified atom stereocenters. The van der Waals surface area contributed by atoms with Crippen molar-refractivity contribution >= 4 is 17.4 Å². The Bertz CT molecular complexity index is 417. The van der Waals surface area contributed by atoms with Crippen LogP contribution in [0.1, 0.15) is 12.8 Å². The first-order valence-electron chi connectivity index (χ1n) is 4.79. The lowest BCUT2D eigenvalue weighted by Gasteiger charge is -2.25. The summed E-state index contributed by atoms with van der Waals surface area (Å²) in [5, 5.41) is 0. The zero-order chi connectivity index (χ0) is 10.8. The molecule has 0 atom stereocenters. The van der Waals surface area contributed by atoms with E-state index in [-0.39, 0.29) is 0 Å². The maximum Gasteiger partial charge on any atom is 0.294 e. The average molecular weight is 207 g/mol. The van der Waals surface area contributed by atoms with Crippen LogP contribution in [0.15, 0.2) is 24.3 Å². The van der Waals surface area contributed by atoms with Gasteiger partial charge in [0.1, 0.15) is 5.82 Å². The first-order chi connectivity index (χ1) is 7.18. The molecule has 1 amide bonds. The Morgan fingerprint density at radius 1 is 1.27 bits per heavy atom. The second-order valence-electron chi connectivity index (χ2n) is 3.46. The van der Waals surface area contributed by atoms with E-state index in [1.54, 1.807) is 6.07 Å². The molecule has 0 radical (unpaired) electrons. The van der Waals surface area contributed by atoms with Crippen LogP contribution in [0.25, 0.3) is 0 Å². The molecule has 0 spiro atoms. The van der Waals surface area contributed by atoms with Crippen LogP contribution in [-0.4, -0.2) is 18.2 Å². The number of anilines is 1. The summed E-state index contributed by atoms with van der Waals surface area (Å²) >= 11 is 0. The van der Waals surface area contributed by atoms with Gasteiger partial charge in [0.2, 0.25) is 5.78 Å². The van der Waals surface area contributed by atoms with E-state index in [2.05, 4.69) is 0 Å². The number of hydrogen-bond donors (Lipinski definition) is 0. The molecule has 1 aromatic rings. The molecule has 0 bridgehead atoms. The van der Waals surface area contributed by atoms with Gasteiger partial charge in [0, 0.05) is 18.7 Å². The standard InChI is InChI=1S/C11H10FNO2/c12-8-3-1-4-9(7-8)13-6-2-5-10(14)11(13)15/h1,3-4,7H,2,5-6H2. The van der Waals surface area contributed by atoms with Gasteiger partial charge in [0.05, 0.1) is 0 Å². The highest BCUT2D eigenvalue weighted by molar-refractivity contribution is 6.41. The summed E-state index contributed by atoms with van der Waals surface area (Å²) in [7, 11) is 0. The van der Waals surface area contributed by atoms with Crippen LogP contribution in [0, 0.1) is 5.82 Å². The highest BCUT2D eigenvalue weighted by Gasteiger charge is 2.27. The molecule has 1 aliphatic rings. The molecule has 78 valence electrons. The van der Waals surface area contributed by atoms with Crippen LogP contribution in [0.2, 0.25) is 0 Å². The molecule has 4 heteroatoms. The Balaban J connectivity index is 2.30. The third-order valence-electron chi connectivity index (χ3n) is 2.39. The fraction of sp³-hybridized carbons (Fsp3) is 0.273. The Hall–Kier alpha value is -1.71. The predicted molar refractivity (Wildman–Crippen MR) is 53.0 cm³/mol. The van der Waals surface area contributed by atoms with Gasteiger partial charge in [-0.3, -0.25) is 9.59 Å². The summed E-state index contributed by atoms with van der Waals surface area (Å²) in [4.78, 5) is 24.0. The van der Waals surface area contributed by atoms with Gasteiger partial charge in [-0.15, -0.1) is 0 Å². The Morgan fingerprint density at radius 2 is 2.07 bits per heavy atom.